The molecule has 11 rings (SSSR count). The van der Waals surface area contributed by atoms with Crippen LogP contribution < -0.4 is 9.80 Å². The van der Waals surface area contributed by atoms with E-state index in [4.69, 9.17) is 0 Å². The van der Waals surface area contributed by atoms with E-state index in [9.17, 15) is 0 Å². The van der Waals surface area contributed by atoms with E-state index < -0.39 is 0 Å². The highest BCUT2D eigenvalue weighted by molar-refractivity contribution is 6.02. The van der Waals surface area contributed by atoms with E-state index in [1.807, 2.05) is 0 Å². The Morgan fingerprint density at radius 2 is 1.17 bits per heavy atom. The Balaban J connectivity index is 1.27. The van der Waals surface area contributed by atoms with Crippen molar-refractivity contribution in [1.29, 1.82) is 0 Å². The Morgan fingerprint density at radius 1 is 0.556 bits per heavy atom. The van der Waals surface area contributed by atoms with Crippen molar-refractivity contribution in [3.8, 4) is 44.5 Å². The van der Waals surface area contributed by atoms with Crippen LogP contribution in [0.1, 0.15) is 131 Å². The summed E-state index contributed by atoms with van der Waals surface area (Å²) < 4.78 is 0. The SMILES string of the molecule is C/C=C1/C=C2\C(=C/c3c(-c4cc(-c5ccccc5C)ccc4N(C)c4ccc(-c5ccccc5)cc4)cc4c(c3N1C1=CCC3C(=C1)C(C)(C)CCC3(C)C)C(C)(C)c1ccccc1-4)C(C)(C)CCC2(C)C. The molecule has 5 aliphatic rings. The summed E-state index contributed by atoms with van der Waals surface area (Å²) in [6, 6.07) is 47.9. The third-order valence-corrected chi connectivity index (χ3v) is 18.4. The maximum absolute atomic E-state index is 2.75. The molecule has 2 heteroatoms. The van der Waals surface area contributed by atoms with Crippen molar-refractivity contribution < 1.29 is 0 Å². The van der Waals surface area contributed by atoms with Crippen LogP contribution in [-0.2, 0) is 5.41 Å². The third kappa shape index (κ3) is 7.73. The Labute approximate surface area is 432 Å². The van der Waals surface area contributed by atoms with Crippen molar-refractivity contribution in [2.24, 2.45) is 27.6 Å². The Kier molecular flexibility index (Phi) is 11.4. The fraction of sp³-hybridized carbons (Fsp3) is 0.343. The van der Waals surface area contributed by atoms with Gasteiger partial charge in [-0.25, -0.2) is 0 Å². The summed E-state index contributed by atoms with van der Waals surface area (Å²) in [5.41, 5.74) is 26.2. The zero-order chi connectivity index (χ0) is 50.7. The average molecular weight is 945 g/mol. The normalized spacial score (nSPS) is 22.8. The monoisotopic (exact) mass is 945 g/mol. The predicted octanol–water partition coefficient (Wildman–Crippen LogP) is 19.6. The predicted molar refractivity (Wildman–Crippen MR) is 310 cm³/mol. The van der Waals surface area contributed by atoms with Crippen LogP contribution in [0.4, 0.5) is 17.1 Å². The van der Waals surface area contributed by atoms with Crippen LogP contribution in [0.5, 0.6) is 0 Å². The maximum Gasteiger partial charge on any atom is 0.0587 e. The van der Waals surface area contributed by atoms with Crippen LogP contribution in [0.3, 0.4) is 0 Å². The van der Waals surface area contributed by atoms with E-state index in [0.29, 0.717) is 5.92 Å². The topological polar surface area (TPSA) is 6.48 Å². The highest BCUT2D eigenvalue weighted by Crippen LogP contribution is 2.62. The van der Waals surface area contributed by atoms with Crippen molar-refractivity contribution in [3.63, 3.8) is 0 Å². The second-order valence-electron chi connectivity index (χ2n) is 25.1. The van der Waals surface area contributed by atoms with Gasteiger partial charge < -0.3 is 9.80 Å². The number of fused-ring (bicyclic) bond motifs is 7. The van der Waals surface area contributed by atoms with Crippen LogP contribution in [0.25, 0.3) is 50.6 Å². The van der Waals surface area contributed by atoms with E-state index in [-0.39, 0.29) is 27.1 Å². The van der Waals surface area contributed by atoms with Gasteiger partial charge in [0.05, 0.1) is 5.69 Å². The van der Waals surface area contributed by atoms with Gasteiger partial charge in [-0.15, -0.1) is 0 Å². The van der Waals surface area contributed by atoms with Gasteiger partial charge in [-0.2, -0.15) is 0 Å². The van der Waals surface area contributed by atoms with Gasteiger partial charge in [-0.1, -0.05) is 184 Å². The van der Waals surface area contributed by atoms with Crippen LogP contribution in [-0.4, -0.2) is 7.05 Å². The van der Waals surface area contributed by atoms with Crippen molar-refractivity contribution in [2.75, 3.05) is 16.8 Å². The number of hydrogen-bond acceptors (Lipinski definition) is 2. The zero-order valence-corrected chi connectivity index (χ0v) is 45.5. The van der Waals surface area contributed by atoms with Crippen molar-refractivity contribution in [2.45, 2.75) is 121 Å². The summed E-state index contributed by atoms with van der Waals surface area (Å²) in [5, 5.41) is 0. The van der Waals surface area contributed by atoms with Gasteiger partial charge in [0.1, 0.15) is 0 Å². The van der Waals surface area contributed by atoms with Crippen LogP contribution in [0.15, 0.2) is 180 Å². The molecular weight excluding hydrogens is 869 g/mol. The quantitative estimate of drug-likeness (QED) is 0.164. The molecule has 0 N–H and O–H groups in total. The molecule has 1 aliphatic heterocycles. The van der Waals surface area contributed by atoms with E-state index in [1.165, 1.54) is 114 Å². The standard InChI is InChI=1S/C70H76N2/c1-14-49-41-61-62(69(9,10)39-38-68(61,7)8)44-57-54(55-40-48(52-25-19-18-22-45(52)2)30-35-63(55)71(13)50-31-28-47(29-32-50)46-23-16-15-17-24-46)43-56-53-26-20-21-27-58(53)70(11,12)64(56)65(57)72(49)51-33-34-59-60(42-51)67(5,6)37-36-66(59,3)4/h14-33,35,40-44,59H,34,36-39H2,1-13H3/b49-14-,61-41+,62-44+. The molecule has 0 saturated heterocycles. The number of nitrogens with zero attached hydrogens (tertiary/aromatic N) is 2. The van der Waals surface area contributed by atoms with Gasteiger partial charge in [-0.3, -0.25) is 0 Å². The van der Waals surface area contributed by atoms with E-state index >= 15 is 0 Å². The first kappa shape index (κ1) is 47.9. The Bertz CT molecular complexity index is 3320. The van der Waals surface area contributed by atoms with Gasteiger partial charge in [0.15, 0.2) is 0 Å². The molecule has 366 valence electrons. The van der Waals surface area contributed by atoms with Gasteiger partial charge in [0.25, 0.3) is 0 Å². The third-order valence-electron chi connectivity index (χ3n) is 18.4. The molecule has 1 atom stereocenters. The van der Waals surface area contributed by atoms with Gasteiger partial charge >= 0.3 is 0 Å². The van der Waals surface area contributed by atoms with Crippen LogP contribution >= 0.6 is 0 Å². The minimum absolute atomic E-state index is 0.0207. The maximum atomic E-state index is 2.75. The molecule has 4 aliphatic carbocycles. The van der Waals surface area contributed by atoms with E-state index in [2.05, 4.69) is 258 Å². The lowest BCUT2D eigenvalue weighted by Gasteiger charge is -2.50. The minimum atomic E-state index is -0.280. The summed E-state index contributed by atoms with van der Waals surface area (Å²) in [6.07, 6.45) is 18.8. The molecular formula is C70H76N2. The highest BCUT2D eigenvalue weighted by Gasteiger charge is 2.48. The molecule has 0 bridgehead atoms. The second kappa shape index (κ2) is 17.1. The van der Waals surface area contributed by atoms with Crippen molar-refractivity contribution >= 4 is 23.1 Å². The minimum Gasteiger partial charge on any atom is -0.344 e. The summed E-state index contributed by atoms with van der Waals surface area (Å²) in [6.45, 7) is 29.5. The zero-order valence-electron chi connectivity index (χ0n) is 45.5. The summed E-state index contributed by atoms with van der Waals surface area (Å²) >= 11 is 0. The first-order chi connectivity index (χ1) is 34.2. The van der Waals surface area contributed by atoms with Crippen molar-refractivity contribution in [3.05, 3.63) is 202 Å². The lowest BCUT2D eigenvalue weighted by atomic mass is 9.55. The van der Waals surface area contributed by atoms with Crippen LogP contribution in [0, 0.1) is 34.5 Å². The number of aryl methyl sites for hydroxylation is 1. The Hall–Kier alpha value is -6.38. The summed E-state index contributed by atoms with van der Waals surface area (Å²) in [4.78, 5) is 5.18. The van der Waals surface area contributed by atoms with Gasteiger partial charge in [0, 0.05) is 46.4 Å². The molecule has 0 radical (unpaired) electrons. The molecule has 0 amide bonds. The number of benzene rings is 6. The molecule has 1 heterocycles. The fourth-order valence-electron chi connectivity index (χ4n) is 13.6. The van der Waals surface area contributed by atoms with Crippen LogP contribution in [0.2, 0.25) is 0 Å². The number of allylic oxidation sites excluding steroid dienone is 7. The summed E-state index contributed by atoms with van der Waals surface area (Å²) in [7, 11) is 2.26. The molecule has 0 spiro atoms. The molecule has 72 heavy (non-hydrogen) atoms. The molecule has 6 aromatic rings. The van der Waals surface area contributed by atoms with Gasteiger partial charge in [-0.05, 0) is 189 Å². The number of anilines is 3. The highest BCUT2D eigenvalue weighted by atomic mass is 15.2. The Morgan fingerprint density at radius 3 is 1.86 bits per heavy atom. The first-order valence-electron chi connectivity index (χ1n) is 27.0. The van der Waals surface area contributed by atoms with E-state index in [0.717, 1.165) is 24.9 Å². The first-order valence-corrected chi connectivity index (χ1v) is 27.0. The second-order valence-corrected chi connectivity index (χ2v) is 25.1. The summed E-state index contributed by atoms with van der Waals surface area (Å²) in [5.74, 6) is 0.512. The van der Waals surface area contributed by atoms with E-state index in [1.54, 1.807) is 5.57 Å². The van der Waals surface area contributed by atoms with Crippen molar-refractivity contribution in [1.82, 2.24) is 0 Å². The molecule has 2 fully saturated rings. The smallest absolute Gasteiger partial charge is 0.0587 e. The number of hydrogen-bond donors (Lipinski definition) is 0. The largest absolute Gasteiger partial charge is 0.344 e. The molecule has 2 nitrogen and oxygen atoms in total. The molecule has 0 aromatic heterocycles. The van der Waals surface area contributed by atoms with Gasteiger partial charge in [0.2, 0.25) is 0 Å². The fourth-order valence-corrected chi connectivity index (χ4v) is 13.6. The lowest BCUT2D eigenvalue weighted by Crippen LogP contribution is -2.40. The molecule has 1 unspecified atom stereocenters. The molecule has 6 aromatic carbocycles. The number of rotatable bonds is 6. The molecule has 2 saturated carbocycles. The lowest BCUT2D eigenvalue weighted by molar-refractivity contribution is 0.123. The average Bonchev–Trinajstić information content (AvgIpc) is 3.59.